The van der Waals surface area contributed by atoms with Crippen LogP contribution >= 0.6 is 11.6 Å². The largest absolute Gasteiger partial charge is 0.389 e. The third-order valence-electron chi connectivity index (χ3n) is 3.06. The zero-order valence-electron chi connectivity index (χ0n) is 12.5. The Balaban J connectivity index is 2.47. The van der Waals surface area contributed by atoms with Gasteiger partial charge in [-0.05, 0) is 45.5 Å². The van der Waals surface area contributed by atoms with Crippen LogP contribution < -0.4 is 5.32 Å². The molecule has 5 heteroatoms. The minimum absolute atomic E-state index is 0.0632. The maximum atomic E-state index is 12.1. The van der Waals surface area contributed by atoms with Crippen molar-refractivity contribution in [3.63, 3.8) is 0 Å². The molecule has 1 aromatic rings. The molecule has 0 heterocycles. The maximum absolute atomic E-state index is 12.1. The first-order valence-corrected chi connectivity index (χ1v) is 7.01. The molecule has 0 aliphatic carbocycles. The molecule has 4 nitrogen and oxygen atoms in total. The molecule has 1 rings (SSSR count). The van der Waals surface area contributed by atoms with E-state index in [1.54, 1.807) is 26.0 Å². The summed E-state index contributed by atoms with van der Waals surface area (Å²) in [5.41, 5.74) is 0.180. The molecule has 0 saturated heterocycles. The number of rotatable bonds is 6. The van der Waals surface area contributed by atoms with Gasteiger partial charge in [-0.3, -0.25) is 9.69 Å². The van der Waals surface area contributed by atoms with Crippen LogP contribution in [0.3, 0.4) is 0 Å². The number of carbonyl (C=O) groups is 1. The average molecular weight is 299 g/mol. The van der Waals surface area contributed by atoms with Gasteiger partial charge in [0, 0.05) is 18.1 Å². The normalized spacial score (nSPS) is 13.3. The standard InChI is InChI=1S/C15H23ClN2O2/c1-11(18(4)10-15(2,3)20)14(19)17-9-12-5-7-13(16)8-6-12/h5-8,11,20H,9-10H2,1-4H3,(H,17,19). The molecule has 1 aromatic carbocycles. The van der Waals surface area contributed by atoms with Gasteiger partial charge in [0.05, 0.1) is 11.6 Å². The first kappa shape index (κ1) is 17.0. The topological polar surface area (TPSA) is 52.6 Å². The van der Waals surface area contributed by atoms with E-state index in [1.165, 1.54) is 0 Å². The third-order valence-corrected chi connectivity index (χ3v) is 3.31. The highest BCUT2D eigenvalue weighted by molar-refractivity contribution is 6.30. The average Bonchev–Trinajstić information content (AvgIpc) is 2.34. The lowest BCUT2D eigenvalue weighted by atomic mass is 10.1. The molecule has 0 aliphatic heterocycles. The van der Waals surface area contributed by atoms with Crippen molar-refractivity contribution in [3.05, 3.63) is 34.9 Å². The van der Waals surface area contributed by atoms with Crippen molar-refractivity contribution < 1.29 is 9.90 Å². The second-order valence-electron chi connectivity index (χ2n) is 5.75. The van der Waals surface area contributed by atoms with E-state index in [9.17, 15) is 9.90 Å². The molecule has 0 aliphatic rings. The number of benzene rings is 1. The van der Waals surface area contributed by atoms with E-state index in [2.05, 4.69) is 5.32 Å². The molecule has 112 valence electrons. The summed E-state index contributed by atoms with van der Waals surface area (Å²) in [6.45, 7) is 6.17. The van der Waals surface area contributed by atoms with Crippen molar-refractivity contribution >= 4 is 17.5 Å². The highest BCUT2D eigenvalue weighted by Gasteiger charge is 2.23. The van der Waals surface area contributed by atoms with Crippen LogP contribution in [0.25, 0.3) is 0 Å². The van der Waals surface area contributed by atoms with E-state index in [0.717, 1.165) is 5.56 Å². The van der Waals surface area contributed by atoms with Crippen molar-refractivity contribution in [2.75, 3.05) is 13.6 Å². The van der Waals surface area contributed by atoms with Gasteiger partial charge >= 0.3 is 0 Å². The summed E-state index contributed by atoms with van der Waals surface area (Å²) < 4.78 is 0. The van der Waals surface area contributed by atoms with Crippen LogP contribution in [0, 0.1) is 0 Å². The molecule has 0 saturated carbocycles. The summed E-state index contributed by atoms with van der Waals surface area (Å²) in [7, 11) is 1.82. The van der Waals surface area contributed by atoms with Crippen LogP contribution in [0.15, 0.2) is 24.3 Å². The highest BCUT2D eigenvalue weighted by atomic mass is 35.5. The van der Waals surface area contributed by atoms with Gasteiger partial charge in [-0.1, -0.05) is 23.7 Å². The van der Waals surface area contributed by atoms with E-state index in [4.69, 9.17) is 11.6 Å². The second-order valence-corrected chi connectivity index (χ2v) is 6.18. The number of carbonyl (C=O) groups excluding carboxylic acids is 1. The Hall–Kier alpha value is -1.10. The lowest BCUT2D eigenvalue weighted by Gasteiger charge is -2.29. The minimum atomic E-state index is -0.820. The van der Waals surface area contributed by atoms with Crippen LogP contribution in [0.2, 0.25) is 5.02 Å². The van der Waals surface area contributed by atoms with Gasteiger partial charge in [0.15, 0.2) is 0 Å². The summed E-state index contributed by atoms with van der Waals surface area (Å²) in [4.78, 5) is 13.9. The van der Waals surface area contributed by atoms with Crippen molar-refractivity contribution in [2.24, 2.45) is 0 Å². The van der Waals surface area contributed by atoms with E-state index in [1.807, 2.05) is 31.0 Å². The fourth-order valence-electron chi connectivity index (χ4n) is 1.89. The Kier molecular flexibility index (Phi) is 5.99. The van der Waals surface area contributed by atoms with E-state index in [-0.39, 0.29) is 11.9 Å². The summed E-state index contributed by atoms with van der Waals surface area (Å²) in [5, 5.41) is 13.3. The molecule has 0 fully saturated rings. The smallest absolute Gasteiger partial charge is 0.237 e. The van der Waals surface area contributed by atoms with Crippen LogP contribution in [0.1, 0.15) is 26.3 Å². The van der Waals surface area contributed by atoms with Crippen LogP contribution in [-0.4, -0.2) is 41.1 Å². The number of nitrogens with one attached hydrogen (secondary N) is 1. The van der Waals surface area contributed by atoms with Gasteiger partial charge in [-0.25, -0.2) is 0 Å². The Labute approximate surface area is 125 Å². The lowest BCUT2D eigenvalue weighted by Crippen LogP contribution is -2.47. The fourth-order valence-corrected chi connectivity index (χ4v) is 2.01. The Morgan fingerprint density at radius 1 is 1.40 bits per heavy atom. The van der Waals surface area contributed by atoms with E-state index >= 15 is 0 Å². The first-order valence-electron chi connectivity index (χ1n) is 6.64. The molecule has 0 aromatic heterocycles. The zero-order valence-corrected chi connectivity index (χ0v) is 13.2. The van der Waals surface area contributed by atoms with Gasteiger partial charge in [-0.15, -0.1) is 0 Å². The Morgan fingerprint density at radius 3 is 2.45 bits per heavy atom. The summed E-state index contributed by atoms with van der Waals surface area (Å²) in [6.07, 6.45) is 0. The third kappa shape index (κ3) is 5.90. The maximum Gasteiger partial charge on any atom is 0.237 e. The first-order chi connectivity index (χ1) is 9.19. The van der Waals surface area contributed by atoms with Gasteiger partial charge in [-0.2, -0.15) is 0 Å². The molecule has 1 atom stereocenters. The fraction of sp³-hybridized carbons (Fsp3) is 0.533. The number of aliphatic hydroxyl groups is 1. The number of amides is 1. The number of hydrogen-bond donors (Lipinski definition) is 2. The molecule has 2 N–H and O–H groups in total. The molecule has 1 unspecified atom stereocenters. The molecular weight excluding hydrogens is 276 g/mol. The molecular formula is C15H23ClN2O2. The predicted octanol–water partition coefficient (Wildman–Crippen LogP) is 2.05. The molecule has 0 spiro atoms. The van der Waals surface area contributed by atoms with Crippen LogP contribution in [0.5, 0.6) is 0 Å². The predicted molar refractivity (Wildman–Crippen MR) is 81.7 cm³/mol. The number of hydrogen-bond acceptors (Lipinski definition) is 3. The molecule has 0 radical (unpaired) electrons. The van der Waals surface area contributed by atoms with Gasteiger partial charge in [0.2, 0.25) is 5.91 Å². The zero-order chi connectivity index (χ0) is 15.3. The summed E-state index contributed by atoms with van der Waals surface area (Å²) in [6, 6.07) is 7.07. The Bertz CT molecular complexity index is 440. The quantitative estimate of drug-likeness (QED) is 0.845. The minimum Gasteiger partial charge on any atom is -0.389 e. The lowest BCUT2D eigenvalue weighted by molar-refractivity contribution is -0.126. The number of halogens is 1. The van der Waals surface area contributed by atoms with Crippen LogP contribution in [-0.2, 0) is 11.3 Å². The summed E-state index contributed by atoms with van der Waals surface area (Å²) in [5.74, 6) is -0.0632. The van der Waals surface area contributed by atoms with Crippen molar-refractivity contribution in [3.8, 4) is 0 Å². The highest BCUT2D eigenvalue weighted by Crippen LogP contribution is 2.10. The second kappa shape index (κ2) is 7.07. The molecule has 20 heavy (non-hydrogen) atoms. The van der Waals surface area contributed by atoms with Gasteiger partial charge in [0.25, 0.3) is 0 Å². The molecule has 0 bridgehead atoms. The SMILES string of the molecule is CC(C(=O)NCc1ccc(Cl)cc1)N(C)CC(C)(C)O. The van der Waals surface area contributed by atoms with Gasteiger partial charge < -0.3 is 10.4 Å². The van der Waals surface area contributed by atoms with Gasteiger partial charge in [0.1, 0.15) is 0 Å². The van der Waals surface area contributed by atoms with Crippen molar-refractivity contribution in [1.29, 1.82) is 0 Å². The Morgan fingerprint density at radius 2 is 1.95 bits per heavy atom. The molecule has 1 amide bonds. The van der Waals surface area contributed by atoms with Crippen molar-refractivity contribution in [2.45, 2.75) is 39.0 Å². The van der Waals surface area contributed by atoms with Crippen molar-refractivity contribution in [1.82, 2.24) is 10.2 Å². The monoisotopic (exact) mass is 298 g/mol. The summed E-state index contributed by atoms with van der Waals surface area (Å²) >= 11 is 5.81. The van der Waals surface area contributed by atoms with E-state index < -0.39 is 5.60 Å². The van der Waals surface area contributed by atoms with E-state index in [0.29, 0.717) is 18.1 Å². The number of likely N-dealkylation sites (N-methyl/N-ethyl adjacent to an activating group) is 1. The van der Waals surface area contributed by atoms with Crippen LogP contribution in [0.4, 0.5) is 0 Å². The number of nitrogens with zero attached hydrogens (tertiary/aromatic N) is 1.